The summed E-state index contributed by atoms with van der Waals surface area (Å²) in [6.45, 7) is 6.73. The molecule has 2 unspecified atom stereocenters. The molecule has 0 radical (unpaired) electrons. The van der Waals surface area contributed by atoms with E-state index < -0.39 is 0 Å². The molecule has 7 nitrogen and oxygen atoms in total. The van der Waals surface area contributed by atoms with E-state index in [1.165, 1.54) is 19.3 Å². The Morgan fingerprint density at radius 2 is 1.84 bits per heavy atom. The van der Waals surface area contributed by atoms with Crippen LogP contribution >= 0.6 is 0 Å². The molecule has 0 spiro atoms. The van der Waals surface area contributed by atoms with Crippen LogP contribution in [0.3, 0.4) is 0 Å². The molecular formula is C38H37N3O4. The molecule has 228 valence electrons. The highest BCUT2D eigenvalue weighted by Gasteiger charge is 2.46. The number of carbonyl (C=O) groups excluding carboxylic acids is 2. The average Bonchev–Trinajstić information content (AvgIpc) is 3.26. The number of likely N-dealkylation sites (tertiary alicyclic amines) is 1. The number of aromatic nitrogens is 1. The molecule has 1 saturated heterocycles. The van der Waals surface area contributed by atoms with E-state index in [0.29, 0.717) is 47.2 Å². The van der Waals surface area contributed by atoms with Gasteiger partial charge in [-0.3, -0.25) is 9.59 Å². The lowest BCUT2D eigenvalue weighted by molar-refractivity contribution is 0.0695. The van der Waals surface area contributed by atoms with Gasteiger partial charge in [0.25, 0.3) is 11.8 Å². The number of fused-ring (bicyclic) bond motifs is 5. The minimum absolute atomic E-state index is 0.00445. The van der Waals surface area contributed by atoms with Crippen LogP contribution < -0.4 is 10.1 Å². The fourth-order valence-electron chi connectivity index (χ4n) is 8.35. The zero-order valence-corrected chi connectivity index (χ0v) is 26.0. The van der Waals surface area contributed by atoms with Gasteiger partial charge in [0.2, 0.25) is 0 Å². The topological polar surface area (TPSA) is 76.7 Å². The summed E-state index contributed by atoms with van der Waals surface area (Å²) in [7, 11) is 1.67. The van der Waals surface area contributed by atoms with E-state index in [-0.39, 0.29) is 11.8 Å². The quantitative estimate of drug-likeness (QED) is 0.219. The molecule has 2 aliphatic heterocycles. The van der Waals surface area contributed by atoms with E-state index in [2.05, 4.69) is 65.0 Å². The van der Waals surface area contributed by atoms with E-state index in [9.17, 15) is 9.59 Å². The molecule has 3 aromatic carbocycles. The Morgan fingerprint density at radius 3 is 2.60 bits per heavy atom. The normalized spacial score (nSPS) is 22.1. The number of aryl methyl sites for hydroxylation is 1. The van der Waals surface area contributed by atoms with Gasteiger partial charge in [-0.25, -0.2) is 0 Å². The number of hydrogen-bond donors (Lipinski definition) is 1. The van der Waals surface area contributed by atoms with E-state index >= 15 is 0 Å². The Bertz CT molecular complexity index is 2060. The molecule has 2 saturated carbocycles. The van der Waals surface area contributed by atoms with E-state index in [1.807, 2.05) is 18.2 Å². The van der Waals surface area contributed by atoms with Crippen LogP contribution in [0.1, 0.15) is 64.4 Å². The first-order chi connectivity index (χ1) is 21.9. The third kappa shape index (κ3) is 4.09. The van der Waals surface area contributed by atoms with Gasteiger partial charge in [0.1, 0.15) is 11.3 Å². The van der Waals surface area contributed by atoms with Gasteiger partial charge >= 0.3 is 0 Å². The molecule has 1 N–H and O–H groups in total. The van der Waals surface area contributed by atoms with E-state index in [0.717, 1.165) is 75.1 Å². The van der Waals surface area contributed by atoms with Crippen LogP contribution in [0.5, 0.6) is 5.75 Å². The monoisotopic (exact) mass is 599 g/mol. The van der Waals surface area contributed by atoms with Gasteiger partial charge in [-0.05, 0) is 97.4 Å². The van der Waals surface area contributed by atoms with Crippen LogP contribution in [0, 0.1) is 24.7 Å². The van der Waals surface area contributed by atoms with Crippen molar-refractivity contribution in [1.82, 2.24) is 14.8 Å². The lowest BCUT2D eigenvalue weighted by Crippen LogP contribution is -2.38. The lowest BCUT2D eigenvalue weighted by atomic mass is 9.99. The van der Waals surface area contributed by atoms with Crippen molar-refractivity contribution in [2.24, 2.45) is 17.8 Å². The van der Waals surface area contributed by atoms with Crippen molar-refractivity contribution in [3.63, 3.8) is 0 Å². The highest BCUT2D eigenvalue weighted by atomic mass is 16.5. The number of nitrogens with one attached hydrogen (secondary N) is 1. The van der Waals surface area contributed by atoms with Crippen LogP contribution in [-0.2, 0) is 13.1 Å². The summed E-state index contributed by atoms with van der Waals surface area (Å²) in [5, 5.41) is 4.99. The maximum Gasteiger partial charge on any atom is 0.254 e. The van der Waals surface area contributed by atoms with Crippen molar-refractivity contribution in [2.75, 3.05) is 13.7 Å². The van der Waals surface area contributed by atoms with Gasteiger partial charge in [-0.1, -0.05) is 31.2 Å². The van der Waals surface area contributed by atoms with Crippen LogP contribution in [-0.4, -0.2) is 41.0 Å². The molecule has 3 atom stereocenters. The summed E-state index contributed by atoms with van der Waals surface area (Å²) in [6, 6.07) is 19.1. The van der Waals surface area contributed by atoms with Crippen molar-refractivity contribution >= 4 is 33.7 Å². The molecule has 3 fully saturated rings. The smallest absolute Gasteiger partial charge is 0.254 e. The van der Waals surface area contributed by atoms with Gasteiger partial charge in [-0.2, -0.15) is 0 Å². The minimum Gasteiger partial charge on any atom is -0.496 e. The van der Waals surface area contributed by atoms with Crippen molar-refractivity contribution < 1.29 is 18.7 Å². The average molecular weight is 600 g/mol. The Morgan fingerprint density at radius 1 is 1.02 bits per heavy atom. The number of methoxy groups -OCH3 is 1. The summed E-state index contributed by atoms with van der Waals surface area (Å²) in [5.74, 6) is 3.38. The van der Waals surface area contributed by atoms with Gasteiger partial charge < -0.3 is 23.9 Å². The number of benzene rings is 3. The molecule has 4 heterocycles. The highest BCUT2D eigenvalue weighted by molar-refractivity contribution is 6.03. The second-order valence-corrected chi connectivity index (χ2v) is 13.7. The Labute approximate surface area is 262 Å². The zero-order valence-electron chi connectivity index (χ0n) is 26.0. The maximum absolute atomic E-state index is 13.8. The first-order valence-corrected chi connectivity index (χ1v) is 16.3. The third-order valence-electron chi connectivity index (χ3n) is 11.1. The Hall–Kier alpha value is -4.52. The van der Waals surface area contributed by atoms with Crippen molar-refractivity contribution in [1.29, 1.82) is 0 Å². The Balaban J connectivity index is 1.15. The van der Waals surface area contributed by atoms with E-state index in [1.54, 1.807) is 7.11 Å². The number of amides is 2. The molecule has 2 bridgehead atoms. The predicted molar refractivity (Wildman–Crippen MR) is 174 cm³/mol. The third-order valence-corrected chi connectivity index (χ3v) is 11.1. The first-order valence-electron chi connectivity index (χ1n) is 16.3. The van der Waals surface area contributed by atoms with Gasteiger partial charge in [0.05, 0.1) is 18.2 Å². The van der Waals surface area contributed by atoms with Gasteiger partial charge in [-0.15, -0.1) is 0 Å². The molecule has 5 aromatic rings. The number of ether oxygens (including phenoxy) is 1. The maximum atomic E-state index is 13.8. The number of carbonyl (C=O) groups is 2. The molecule has 2 aliphatic carbocycles. The number of furan rings is 1. The number of rotatable bonds is 6. The molecule has 45 heavy (non-hydrogen) atoms. The second kappa shape index (κ2) is 9.74. The molecule has 7 heteroatoms. The zero-order chi connectivity index (χ0) is 30.6. The van der Waals surface area contributed by atoms with Crippen LogP contribution in [0.2, 0.25) is 0 Å². The summed E-state index contributed by atoms with van der Waals surface area (Å²) in [4.78, 5) is 28.2. The largest absolute Gasteiger partial charge is 0.496 e. The fourth-order valence-corrected chi connectivity index (χ4v) is 8.35. The molecular weight excluding hydrogens is 562 g/mol. The Kier molecular flexibility index (Phi) is 5.81. The predicted octanol–water partition coefficient (Wildman–Crippen LogP) is 7.56. The summed E-state index contributed by atoms with van der Waals surface area (Å²) < 4.78 is 15.0. The first kappa shape index (κ1) is 26.8. The standard InChI is InChI=1S/C38H37N3O4/c1-20-27-10-11-30(20)41(19-27)38(43)28-15-33(44-3)35-21(2)36(45-34(35)16-28)32-14-25-8-6-24(13-31(25)40(32)18-22-4-5-22)23-7-9-26-17-39-37(42)29(26)12-23/h6-9,12-16,20,22,27,30H,4-5,10-11,17-19H2,1-3H3,(H,39,42)/t20-,27?,30?/m1/s1. The van der Waals surface area contributed by atoms with Gasteiger partial charge in [0, 0.05) is 53.3 Å². The highest BCUT2D eigenvalue weighted by Crippen LogP contribution is 2.45. The van der Waals surface area contributed by atoms with Crippen LogP contribution in [0.15, 0.2) is 59.0 Å². The fraction of sp³-hybridized carbons (Fsp3) is 0.368. The van der Waals surface area contributed by atoms with E-state index in [4.69, 9.17) is 9.15 Å². The summed E-state index contributed by atoms with van der Waals surface area (Å²) >= 11 is 0. The molecule has 2 amide bonds. The molecule has 4 aliphatic rings. The van der Waals surface area contributed by atoms with Crippen LogP contribution in [0.25, 0.3) is 44.5 Å². The minimum atomic E-state index is -0.00445. The molecule has 2 aromatic heterocycles. The molecule has 9 rings (SSSR count). The summed E-state index contributed by atoms with van der Waals surface area (Å²) in [5.41, 5.74) is 8.45. The number of nitrogens with zero attached hydrogens (tertiary/aromatic N) is 2. The second-order valence-electron chi connectivity index (χ2n) is 13.7. The van der Waals surface area contributed by atoms with Gasteiger partial charge in [0.15, 0.2) is 5.76 Å². The van der Waals surface area contributed by atoms with Crippen molar-refractivity contribution in [3.8, 4) is 28.3 Å². The number of hydrogen-bond acceptors (Lipinski definition) is 4. The SMILES string of the molecule is COc1cc(C(=O)N2CC3CCC2[C@@H]3C)cc2oc(-c3cc4ccc(-c5ccc6c(c5)C(=O)NC6)cc4n3CC3CC3)c(C)c12. The summed E-state index contributed by atoms with van der Waals surface area (Å²) in [6.07, 6.45) is 4.78. The van der Waals surface area contributed by atoms with Crippen LogP contribution in [0.4, 0.5) is 0 Å². The lowest BCUT2D eigenvalue weighted by Gasteiger charge is -2.27. The van der Waals surface area contributed by atoms with Crippen molar-refractivity contribution in [3.05, 3.63) is 76.9 Å². The number of piperidine rings is 1. The van der Waals surface area contributed by atoms with Crippen molar-refractivity contribution in [2.45, 2.75) is 58.7 Å².